The fourth-order valence-electron chi connectivity index (χ4n) is 5.18. The highest BCUT2D eigenvalue weighted by Gasteiger charge is 2.54. The van der Waals surface area contributed by atoms with Gasteiger partial charge in [0, 0.05) is 0 Å². The van der Waals surface area contributed by atoms with Crippen molar-refractivity contribution < 1.29 is 34.0 Å². The number of ether oxygens (including phenoxy) is 4. The smallest absolute Gasteiger partial charge is 0.411 e. The fourth-order valence-corrected chi connectivity index (χ4v) is 5.18. The van der Waals surface area contributed by atoms with Crippen LogP contribution in [0.3, 0.4) is 0 Å². The lowest BCUT2D eigenvalue weighted by Gasteiger charge is -2.34. The van der Waals surface area contributed by atoms with Crippen LogP contribution < -0.4 is 0 Å². The van der Waals surface area contributed by atoms with Gasteiger partial charge in [-0.3, -0.25) is 4.90 Å². The minimum Gasteiger partial charge on any atom is -0.444 e. The summed E-state index contributed by atoms with van der Waals surface area (Å²) in [6.07, 6.45) is -2.78. The molecule has 8 nitrogen and oxygen atoms in total. The summed E-state index contributed by atoms with van der Waals surface area (Å²) in [4.78, 5) is 15.4. The maximum Gasteiger partial charge on any atom is 0.411 e. The van der Waals surface area contributed by atoms with E-state index in [2.05, 4.69) is 0 Å². The minimum atomic E-state index is -1.07. The van der Waals surface area contributed by atoms with Crippen molar-refractivity contribution >= 4 is 6.09 Å². The summed E-state index contributed by atoms with van der Waals surface area (Å²) in [6.45, 7) is 6.07. The monoisotopic (exact) mass is 577 g/mol. The number of carbonyl (C=O) groups excluding carboxylic acids is 1. The van der Waals surface area contributed by atoms with Gasteiger partial charge in [-0.05, 0) is 43.9 Å². The van der Waals surface area contributed by atoms with Gasteiger partial charge >= 0.3 is 6.09 Å². The van der Waals surface area contributed by atoms with Crippen LogP contribution in [0.4, 0.5) is 4.79 Å². The van der Waals surface area contributed by atoms with E-state index in [9.17, 15) is 15.0 Å². The van der Waals surface area contributed by atoms with E-state index in [1.165, 1.54) is 0 Å². The highest BCUT2D eigenvalue weighted by atomic mass is 16.6. The molecule has 1 saturated heterocycles. The molecule has 42 heavy (non-hydrogen) atoms. The average Bonchev–Trinajstić information content (AvgIpc) is 3.27. The van der Waals surface area contributed by atoms with E-state index in [4.69, 9.17) is 18.9 Å². The quantitative estimate of drug-likeness (QED) is 0.292. The van der Waals surface area contributed by atoms with Crippen molar-refractivity contribution in [2.45, 2.75) is 83.0 Å². The summed E-state index contributed by atoms with van der Waals surface area (Å²) < 4.78 is 25.1. The Kier molecular flexibility index (Phi) is 11.5. The molecule has 0 spiro atoms. The van der Waals surface area contributed by atoms with Crippen LogP contribution in [0.1, 0.15) is 43.9 Å². The Hall–Kier alpha value is -3.27. The van der Waals surface area contributed by atoms with Crippen molar-refractivity contribution in [1.82, 2.24) is 4.90 Å². The Morgan fingerprint density at radius 3 is 1.67 bits per heavy atom. The summed E-state index contributed by atoms with van der Waals surface area (Å²) in [5, 5.41) is 20.4. The van der Waals surface area contributed by atoms with Gasteiger partial charge in [0.2, 0.25) is 0 Å². The van der Waals surface area contributed by atoms with Crippen molar-refractivity contribution in [2.24, 2.45) is 0 Å². The Labute approximate surface area is 248 Å². The second-order valence-electron chi connectivity index (χ2n) is 11.6. The zero-order valence-corrected chi connectivity index (χ0v) is 24.7. The lowest BCUT2D eigenvalue weighted by Crippen LogP contribution is -2.49. The van der Waals surface area contributed by atoms with Gasteiger partial charge in [0.25, 0.3) is 0 Å². The highest BCUT2D eigenvalue weighted by Crippen LogP contribution is 2.35. The average molecular weight is 578 g/mol. The number of nitrogens with zero attached hydrogens (tertiary/aromatic N) is 1. The molecule has 3 aromatic carbocycles. The van der Waals surface area contributed by atoms with Gasteiger partial charge in [0.1, 0.15) is 17.8 Å². The number of aliphatic hydroxyl groups excluding tert-OH is 2. The first-order valence-corrected chi connectivity index (χ1v) is 14.5. The number of aliphatic hydroxyl groups is 2. The molecule has 5 unspecified atom stereocenters. The molecule has 5 atom stereocenters. The van der Waals surface area contributed by atoms with Gasteiger partial charge in [0.15, 0.2) is 0 Å². The molecular weight excluding hydrogens is 534 g/mol. The van der Waals surface area contributed by atoms with E-state index in [1.54, 1.807) is 4.90 Å². The van der Waals surface area contributed by atoms with Crippen molar-refractivity contribution in [2.75, 3.05) is 13.2 Å². The Morgan fingerprint density at radius 2 is 1.21 bits per heavy atom. The van der Waals surface area contributed by atoms with E-state index < -0.39 is 48.7 Å². The highest BCUT2D eigenvalue weighted by molar-refractivity contribution is 5.70. The molecule has 226 valence electrons. The molecule has 4 rings (SSSR count). The van der Waals surface area contributed by atoms with Gasteiger partial charge in [-0.25, -0.2) is 4.79 Å². The summed E-state index contributed by atoms with van der Waals surface area (Å²) >= 11 is 0. The van der Waals surface area contributed by atoms with Gasteiger partial charge in [-0.2, -0.15) is 0 Å². The molecule has 1 aliphatic heterocycles. The van der Waals surface area contributed by atoms with Gasteiger partial charge in [-0.1, -0.05) is 91.0 Å². The maximum atomic E-state index is 13.8. The number of hydrogen-bond donors (Lipinski definition) is 2. The Morgan fingerprint density at radius 1 is 0.762 bits per heavy atom. The molecule has 1 heterocycles. The van der Waals surface area contributed by atoms with Crippen LogP contribution in [0, 0.1) is 0 Å². The molecule has 0 radical (unpaired) electrons. The zero-order chi connectivity index (χ0) is 30.0. The van der Waals surface area contributed by atoms with Gasteiger partial charge in [-0.15, -0.1) is 0 Å². The third kappa shape index (κ3) is 9.11. The summed E-state index contributed by atoms with van der Waals surface area (Å²) in [5.41, 5.74) is 2.19. The Balaban J connectivity index is 1.68. The maximum absolute atomic E-state index is 13.8. The van der Waals surface area contributed by atoms with Gasteiger partial charge in [0.05, 0.1) is 51.2 Å². The third-order valence-electron chi connectivity index (χ3n) is 7.10. The molecule has 3 aromatic rings. The summed E-state index contributed by atoms with van der Waals surface area (Å²) in [7, 11) is 0. The first-order chi connectivity index (χ1) is 20.2. The van der Waals surface area contributed by atoms with Crippen molar-refractivity contribution in [3.05, 3.63) is 108 Å². The van der Waals surface area contributed by atoms with E-state index in [0.717, 1.165) is 16.7 Å². The number of benzene rings is 3. The number of rotatable bonds is 13. The second-order valence-corrected chi connectivity index (χ2v) is 11.6. The largest absolute Gasteiger partial charge is 0.444 e. The van der Waals surface area contributed by atoms with Crippen molar-refractivity contribution in [3.8, 4) is 0 Å². The molecule has 1 fully saturated rings. The van der Waals surface area contributed by atoms with Gasteiger partial charge < -0.3 is 29.2 Å². The summed E-state index contributed by atoms with van der Waals surface area (Å²) in [5.74, 6) is 0. The third-order valence-corrected chi connectivity index (χ3v) is 7.10. The van der Waals surface area contributed by atoms with E-state index >= 15 is 0 Å². The lowest BCUT2D eigenvalue weighted by molar-refractivity contribution is -0.0890. The summed E-state index contributed by atoms with van der Waals surface area (Å²) in [6, 6.07) is 28.2. The first-order valence-electron chi connectivity index (χ1n) is 14.5. The standard InChI is InChI=1S/C34H43NO7/c1-34(2,3)42-33(38)35-29(19-28(37)20-36)31(40-22-26-15-9-5-10-16-26)32(41-23-27-17-11-6-12-18-27)30(35)24-39-21-25-13-7-4-8-14-25/h4-18,28-32,36-37H,19-24H2,1-3H3. The van der Waals surface area contributed by atoms with Crippen molar-refractivity contribution in [3.63, 3.8) is 0 Å². The van der Waals surface area contributed by atoms with E-state index in [-0.39, 0.29) is 19.6 Å². The zero-order valence-electron chi connectivity index (χ0n) is 24.7. The molecule has 0 aromatic heterocycles. The van der Waals surface area contributed by atoms with Crippen LogP contribution in [0.15, 0.2) is 91.0 Å². The van der Waals surface area contributed by atoms with Crippen LogP contribution >= 0.6 is 0 Å². The van der Waals surface area contributed by atoms with E-state index in [1.807, 2.05) is 112 Å². The number of carbonyl (C=O) groups is 1. The number of likely N-dealkylation sites (tertiary alicyclic amines) is 1. The predicted molar refractivity (Wildman–Crippen MR) is 159 cm³/mol. The van der Waals surface area contributed by atoms with Crippen LogP contribution in [0.25, 0.3) is 0 Å². The topological polar surface area (TPSA) is 97.7 Å². The molecule has 8 heteroatoms. The number of hydrogen-bond acceptors (Lipinski definition) is 7. The fraction of sp³-hybridized carbons (Fsp3) is 0.441. The first kappa shape index (κ1) is 31.7. The minimum absolute atomic E-state index is 0.0789. The molecule has 1 amide bonds. The number of amides is 1. The van der Waals surface area contributed by atoms with Crippen molar-refractivity contribution in [1.29, 1.82) is 0 Å². The van der Waals surface area contributed by atoms with Crippen LogP contribution in [-0.2, 0) is 38.8 Å². The van der Waals surface area contributed by atoms with Crippen LogP contribution in [0.2, 0.25) is 0 Å². The molecule has 0 bridgehead atoms. The Bertz CT molecular complexity index is 1200. The molecular formula is C34H43NO7. The van der Waals surface area contributed by atoms with E-state index in [0.29, 0.717) is 13.2 Å². The molecule has 0 aliphatic carbocycles. The lowest BCUT2D eigenvalue weighted by atomic mass is 10.0. The van der Waals surface area contributed by atoms with Crippen LogP contribution in [0.5, 0.6) is 0 Å². The molecule has 1 aliphatic rings. The predicted octanol–water partition coefficient (Wildman–Crippen LogP) is 5.11. The van der Waals surface area contributed by atoms with Crippen LogP contribution in [-0.4, -0.2) is 70.4 Å². The molecule has 0 saturated carbocycles. The SMILES string of the molecule is CC(C)(C)OC(=O)N1C(COCc2ccccc2)C(OCc2ccccc2)C(OCc2ccccc2)C1CC(O)CO. The normalized spacial score (nSPS) is 21.3. The second kappa shape index (κ2) is 15.3. The molecule has 2 N–H and O–H groups in total.